The molecule has 1 aromatic carbocycles. The maximum atomic E-state index is 12.2. The molecule has 2 aromatic rings. The molecule has 8 heteroatoms. The van der Waals surface area contributed by atoms with Gasteiger partial charge in [0.05, 0.1) is 0 Å². The van der Waals surface area contributed by atoms with E-state index in [1.54, 1.807) is 43.1 Å². The predicted octanol–water partition coefficient (Wildman–Crippen LogP) is 2.62. The minimum Gasteiger partial charge on any atom is -0.347 e. The predicted molar refractivity (Wildman–Crippen MR) is 79.9 cm³/mol. The second-order valence-corrected chi connectivity index (χ2v) is 5.35. The number of likely N-dealkylation sites (N-methyl/N-ethyl adjacent to an activating group) is 1. The molecule has 124 valence electrons. The van der Waals surface area contributed by atoms with Crippen molar-refractivity contribution in [2.24, 2.45) is 0 Å². The molecule has 0 spiro atoms. The SMILES string of the molecule is CN(C)C(=O)Cn1ccc2cc(NC(=O)CC(F)(F)F)ccc21. The molecule has 0 saturated carbocycles. The highest BCUT2D eigenvalue weighted by Crippen LogP contribution is 2.23. The van der Waals surface area contributed by atoms with Crippen molar-refractivity contribution in [3.05, 3.63) is 30.5 Å². The molecule has 0 unspecified atom stereocenters. The number of nitrogens with zero attached hydrogens (tertiary/aromatic N) is 2. The number of anilines is 1. The number of nitrogens with one attached hydrogen (secondary N) is 1. The summed E-state index contributed by atoms with van der Waals surface area (Å²) in [7, 11) is 3.31. The summed E-state index contributed by atoms with van der Waals surface area (Å²) >= 11 is 0. The van der Waals surface area contributed by atoms with Crippen molar-refractivity contribution in [1.29, 1.82) is 0 Å². The summed E-state index contributed by atoms with van der Waals surface area (Å²) in [5, 5.41) is 2.94. The van der Waals surface area contributed by atoms with E-state index in [2.05, 4.69) is 5.32 Å². The maximum absolute atomic E-state index is 12.2. The second-order valence-electron chi connectivity index (χ2n) is 5.35. The topological polar surface area (TPSA) is 54.3 Å². The Kier molecular flexibility index (Phi) is 4.63. The fraction of sp³-hybridized carbons (Fsp3) is 0.333. The number of alkyl halides is 3. The summed E-state index contributed by atoms with van der Waals surface area (Å²) in [5.41, 5.74) is 1.04. The molecule has 0 aliphatic carbocycles. The average Bonchev–Trinajstić information content (AvgIpc) is 2.78. The van der Waals surface area contributed by atoms with Crippen molar-refractivity contribution in [2.75, 3.05) is 19.4 Å². The normalized spacial score (nSPS) is 11.5. The summed E-state index contributed by atoms with van der Waals surface area (Å²) < 4.78 is 38.2. The Morgan fingerprint density at radius 3 is 2.52 bits per heavy atom. The smallest absolute Gasteiger partial charge is 0.347 e. The molecule has 0 bridgehead atoms. The second kappa shape index (κ2) is 6.31. The van der Waals surface area contributed by atoms with Crippen molar-refractivity contribution in [1.82, 2.24) is 9.47 Å². The fourth-order valence-electron chi connectivity index (χ4n) is 2.09. The third-order valence-electron chi connectivity index (χ3n) is 3.22. The van der Waals surface area contributed by atoms with E-state index in [1.165, 1.54) is 11.0 Å². The van der Waals surface area contributed by atoms with E-state index < -0.39 is 18.5 Å². The fourth-order valence-corrected chi connectivity index (χ4v) is 2.09. The number of hydrogen-bond acceptors (Lipinski definition) is 2. The van der Waals surface area contributed by atoms with Gasteiger partial charge in [0.1, 0.15) is 13.0 Å². The van der Waals surface area contributed by atoms with E-state index in [-0.39, 0.29) is 18.1 Å². The Morgan fingerprint density at radius 1 is 1.22 bits per heavy atom. The lowest BCUT2D eigenvalue weighted by Crippen LogP contribution is -2.25. The molecule has 5 nitrogen and oxygen atoms in total. The maximum Gasteiger partial charge on any atom is 0.397 e. The molecule has 2 rings (SSSR count). The Morgan fingerprint density at radius 2 is 1.91 bits per heavy atom. The largest absolute Gasteiger partial charge is 0.397 e. The molecule has 23 heavy (non-hydrogen) atoms. The molecular weight excluding hydrogens is 311 g/mol. The molecule has 0 fully saturated rings. The van der Waals surface area contributed by atoms with Gasteiger partial charge in [-0.25, -0.2) is 0 Å². The number of amides is 2. The molecule has 1 aromatic heterocycles. The molecule has 2 amide bonds. The van der Waals surface area contributed by atoms with Gasteiger partial charge >= 0.3 is 6.18 Å². The zero-order valence-corrected chi connectivity index (χ0v) is 12.6. The van der Waals surface area contributed by atoms with Crippen molar-refractivity contribution in [3.8, 4) is 0 Å². The van der Waals surface area contributed by atoms with Crippen molar-refractivity contribution < 1.29 is 22.8 Å². The van der Waals surface area contributed by atoms with Crippen LogP contribution in [0, 0.1) is 0 Å². The van der Waals surface area contributed by atoms with Crippen molar-refractivity contribution >= 4 is 28.4 Å². The first-order valence-corrected chi connectivity index (χ1v) is 6.81. The van der Waals surface area contributed by atoms with Crippen LogP contribution in [0.25, 0.3) is 10.9 Å². The highest BCUT2D eigenvalue weighted by molar-refractivity contribution is 5.94. The Labute approximate surface area is 130 Å². The van der Waals surface area contributed by atoms with Crippen molar-refractivity contribution in [2.45, 2.75) is 19.1 Å². The molecule has 0 atom stereocenters. The van der Waals surface area contributed by atoms with Gasteiger partial charge in [0.15, 0.2) is 0 Å². The van der Waals surface area contributed by atoms with E-state index in [9.17, 15) is 22.8 Å². The summed E-state index contributed by atoms with van der Waals surface area (Å²) in [5.74, 6) is -1.19. The van der Waals surface area contributed by atoms with Gasteiger partial charge in [-0.05, 0) is 24.3 Å². The Bertz CT molecular complexity index is 735. The molecule has 1 N–H and O–H groups in total. The van der Waals surface area contributed by atoms with E-state index in [4.69, 9.17) is 0 Å². The van der Waals surface area contributed by atoms with Crippen LogP contribution in [-0.4, -0.2) is 41.6 Å². The number of aromatic nitrogens is 1. The number of carbonyl (C=O) groups is 2. The standard InChI is InChI=1S/C15H16F3N3O2/c1-20(2)14(23)9-21-6-5-10-7-11(3-4-12(10)21)19-13(22)8-15(16,17)18/h3-7H,8-9H2,1-2H3,(H,19,22). The van der Waals surface area contributed by atoms with Gasteiger partial charge in [-0.1, -0.05) is 0 Å². The van der Waals surface area contributed by atoms with E-state index in [0.29, 0.717) is 0 Å². The lowest BCUT2D eigenvalue weighted by Gasteiger charge is -2.12. The van der Waals surface area contributed by atoms with Gasteiger partial charge in [0.25, 0.3) is 0 Å². The summed E-state index contributed by atoms with van der Waals surface area (Å²) in [6, 6.07) is 6.46. The third kappa shape index (κ3) is 4.48. The number of fused-ring (bicyclic) bond motifs is 1. The monoisotopic (exact) mass is 327 g/mol. The van der Waals surface area contributed by atoms with Gasteiger partial charge in [-0.3, -0.25) is 9.59 Å². The minimum atomic E-state index is -4.54. The van der Waals surface area contributed by atoms with Crippen molar-refractivity contribution in [3.63, 3.8) is 0 Å². The summed E-state index contributed by atoms with van der Waals surface area (Å²) in [6.45, 7) is 0.163. The zero-order chi connectivity index (χ0) is 17.2. The molecule has 0 saturated heterocycles. The lowest BCUT2D eigenvalue weighted by atomic mass is 10.2. The van der Waals surface area contributed by atoms with E-state index in [0.717, 1.165) is 10.9 Å². The zero-order valence-electron chi connectivity index (χ0n) is 12.6. The van der Waals surface area contributed by atoms with Gasteiger partial charge < -0.3 is 14.8 Å². The van der Waals surface area contributed by atoms with Crippen LogP contribution in [0.1, 0.15) is 6.42 Å². The van der Waals surface area contributed by atoms with Crippen LogP contribution in [0.15, 0.2) is 30.5 Å². The van der Waals surface area contributed by atoms with Gasteiger partial charge in [0.2, 0.25) is 11.8 Å². The van der Waals surface area contributed by atoms with Crippen LogP contribution in [0.2, 0.25) is 0 Å². The first kappa shape index (κ1) is 16.9. The lowest BCUT2D eigenvalue weighted by molar-refractivity contribution is -0.150. The van der Waals surface area contributed by atoms with Crippen LogP contribution in [-0.2, 0) is 16.1 Å². The number of halogens is 3. The Balaban J connectivity index is 2.15. The molecule has 0 radical (unpaired) electrons. The van der Waals surface area contributed by atoms with Crippen LogP contribution in [0.5, 0.6) is 0 Å². The number of rotatable bonds is 4. The highest BCUT2D eigenvalue weighted by atomic mass is 19.4. The molecular formula is C15H16F3N3O2. The quantitative estimate of drug-likeness (QED) is 0.938. The van der Waals surface area contributed by atoms with Crippen LogP contribution in [0.3, 0.4) is 0 Å². The number of hydrogen-bond donors (Lipinski definition) is 1. The third-order valence-corrected chi connectivity index (χ3v) is 3.22. The first-order chi connectivity index (χ1) is 10.7. The minimum absolute atomic E-state index is 0.0787. The van der Waals surface area contributed by atoms with E-state index in [1.807, 2.05) is 0 Å². The van der Waals surface area contributed by atoms with Gasteiger partial charge in [-0.2, -0.15) is 13.2 Å². The Hall–Kier alpha value is -2.51. The van der Waals surface area contributed by atoms with E-state index >= 15 is 0 Å². The average molecular weight is 327 g/mol. The van der Waals surface area contributed by atoms with Gasteiger partial charge in [-0.15, -0.1) is 0 Å². The molecule has 0 aliphatic heterocycles. The van der Waals surface area contributed by atoms with Crippen LogP contribution in [0.4, 0.5) is 18.9 Å². The number of carbonyl (C=O) groups excluding carboxylic acids is 2. The molecule has 1 heterocycles. The summed E-state index contributed by atoms with van der Waals surface area (Å²) in [6.07, 6.45) is -4.35. The van der Waals surface area contributed by atoms with Crippen LogP contribution < -0.4 is 5.32 Å². The number of benzene rings is 1. The molecule has 0 aliphatic rings. The summed E-state index contributed by atoms with van der Waals surface area (Å²) in [4.78, 5) is 24.5. The first-order valence-electron chi connectivity index (χ1n) is 6.81. The van der Waals surface area contributed by atoms with Crippen LogP contribution >= 0.6 is 0 Å². The highest BCUT2D eigenvalue weighted by Gasteiger charge is 2.31. The van der Waals surface area contributed by atoms with Gasteiger partial charge in [0, 0.05) is 36.9 Å².